The smallest absolute Gasteiger partial charge is 0.251 e. The number of hydrogen-bond acceptors (Lipinski definition) is 3. The van der Waals surface area contributed by atoms with E-state index in [2.05, 4.69) is 16.0 Å². The second-order valence-electron chi connectivity index (χ2n) is 5.42. The molecular formula is C15H19N3O2. The Labute approximate surface area is 118 Å². The number of carbonyl (C=O) groups is 2. The van der Waals surface area contributed by atoms with Crippen LogP contribution in [0.25, 0.3) is 0 Å². The van der Waals surface area contributed by atoms with Crippen molar-refractivity contribution < 1.29 is 9.59 Å². The van der Waals surface area contributed by atoms with Crippen LogP contribution in [-0.2, 0) is 11.2 Å². The molecule has 2 amide bonds. The van der Waals surface area contributed by atoms with E-state index in [-0.39, 0.29) is 17.9 Å². The van der Waals surface area contributed by atoms with E-state index in [0.29, 0.717) is 18.5 Å². The lowest BCUT2D eigenvalue weighted by Gasteiger charge is -2.18. The fraction of sp³-hybridized carbons (Fsp3) is 0.467. The molecule has 20 heavy (non-hydrogen) atoms. The monoisotopic (exact) mass is 273 g/mol. The first kappa shape index (κ1) is 13.0. The van der Waals surface area contributed by atoms with Crippen LogP contribution in [0.1, 0.15) is 35.2 Å². The van der Waals surface area contributed by atoms with E-state index >= 15 is 0 Å². The van der Waals surface area contributed by atoms with Gasteiger partial charge in [0.15, 0.2) is 0 Å². The van der Waals surface area contributed by atoms with Gasteiger partial charge in [0.05, 0.1) is 0 Å². The molecule has 1 saturated heterocycles. The summed E-state index contributed by atoms with van der Waals surface area (Å²) in [5.74, 6) is 0.00336. The lowest BCUT2D eigenvalue weighted by atomic mass is 10.0. The predicted octanol–water partition coefficient (Wildman–Crippen LogP) is 1.05. The van der Waals surface area contributed by atoms with Gasteiger partial charge in [-0.2, -0.15) is 0 Å². The van der Waals surface area contributed by atoms with Gasteiger partial charge in [-0.3, -0.25) is 9.59 Å². The molecule has 1 unspecified atom stereocenters. The van der Waals surface area contributed by atoms with E-state index in [0.717, 1.165) is 31.5 Å². The van der Waals surface area contributed by atoms with Crippen molar-refractivity contribution in [2.75, 3.05) is 18.4 Å². The highest BCUT2D eigenvalue weighted by Crippen LogP contribution is 2.22. The highest BCUT2D eigenvalue weighted by molar-refractivity contribution is 5.95. The topological polar surface area (TPSA) is 70.2 Å². The fourth-order valence-electron chi connectivity index (χ4n) is 2.76. The Morgan fingerprint density at radius 3 is 3.05 bits per heavy atom. The van der Waals surface area contributed by atoms with Crippen molar-refractivity contribution in [1.29, 1.82) is 0 Å². The second-order valence-corrected chi connectivity index (χ2v) is 5.42. The molecule has 0 spiro atoms. The van der Waals surface area contributed by atoms with Crippen LogP contribution >= 0.6 is 0 Å². The minimum Gasteiger partial charge on any atom is -0.385 e. The van der Waals surface area contributed by atoms with Crippen LogP contribution in [0.15, 0.2) is 18.2 Å². The zero-order valence-electron chi connectivity index (χ0n) is 11.4. The summed E-state index contributed by atoms with van der Waals surface area (Å²) in [4.78, 5) is 23.2. The quantitative estimate of drug-likeness (QED) is 0.771. The molecule has 0 aromatic heterocycles. The van der Waals surface area contributed by atoms with Crippen LogP contribution < -0.4 is 16.0 Å². The van der Waals surface area contributed by atoms with E-state index < -0.39 is 0 Å². The number of amides is 2. The SMILES string of the molecule is O=C1CCC(CNC(=O)c2ccc3c(c2)CCCN3)N1. The first-order valence-electron chi connectivity index (χ1n) is 7.17. The summed E-state index contributed by atoms with van der Waals surface area (Å²) in [5, 5.41) is 9.07. The van der Waals surface area contributed by atoms with Gasteiger partial charge in [0.2, 0.25) is 5.91 Å². The minimum absolute atomic E-state index is 0.0699. The van der Waals surface area contributed by atoms with Gasteiger partial charge in [-0.05, 0) is 43.0 Å². The number of rotatable bonds is 3. The van der Waals surface area contributed by atoms with Gasteiger partial charge in [-0.25, -0.2) is 0 Å². The van der Waals surface area contributed by atoms with E-state index in [1.54, 1.807) is 0 Å². The van der Waals surface area contributed by atoms with Crippen LogP contribution in [0.5, 0.6) is 0 Å². The summed E-state index contributed by atoms with van der Waals surface area (Å²) < 4.78 is 0. The van der Waals surface area contributed by atoms with Crippen LogP contribution in [0.3, 0.4) is 0 Å². The minimum atomic E-state index is -0.0699. The van der Waals surface area contributed by atoms with Gasteiger partial charge in [-0.1, -0.05) is 0 Å². The van der Waals surface area contributed by atoms with E-state index in [1.165, 1.54) is 5.56 Å². The van der Waals surface area contributed by atoms with E-state index in [4.69, 9.17) is 0 Å². The lowest BCUT2D eigenvalue weighted by molar-refractivity contribution is -0.119. The number of fused-ring (bicyclic) bond motifs is 1. The molecular weight excluding hydrogens is 254 g/mol. The first-order chi connectivity index (χ1) is 9.72. The number of benzene rings is 1. The Morgan fingerprint density at radius 2 is 2.25 bits per heavy atom. The lowest BCUT2D eigenvalue weighted by Crippen LogP contribution is -2.38. The summed E-state index contributed by atoms with van der Waals surface area (Å²) in [6.07, 6.45) is 3.48. The molecule has 0 saturated carbocycles. The van der Waals surface area contributed by atoms with Gasteiger partial charge >= 0.3 is 0 Å². The normalized spacial score (nSPS) is 20.8. The molecule has 1 aromatic rings. The Balaban J connectivity index is 1.60. The Kier molecular flexibility index (Phi) is 3.58. The van der Waals surface area contributed by atoms with Crippen molar-refractivity contribution >= 4 is 17.5 Å². The summed E-state index contributed by atoms with van der Waals surface area (Å²) in [5.41, 5.74) is 3.03. The van der Waals surface area contributed by atoms with Crippen LogP contribution in [0.4, 0.5) is 5.69 Å². The van der Waals surface area contributed by atoms with Crippen molar-refractivity contribution in [2.24, 2.45) is 0 Å². The second kappa shape index (κ2) is 5.53. The van der Waals surface area contributed by atoms with Crippen LogP contribution in [0, 0.1) is 0 Å². The molecule has 106 valence electrons. The molecule has 0 aliphatic carbocycles. The van der Waals surface area contributed by atoms with Crippen molar-refractivity contribution in [3.63, 3.8) is 0 Å². The third-order valence-corrected chi connectivity index (χ3v) is 3.90. The molecule has 2 aliphatic heterocycles. The van der Waals surface area contributed by atoms with Gasteiger partial charge in [0.25, 0.3) is 5.91 Å². The van der Waals surface area contributed by atoms with Crippen molar-refractivity contribution in [2.45, 2.75) is 31.7 Å². The summed E-state index contributed by atoms with van der Waals surface area (Å²) in [6.45, 7) is 1.50. The highest BCUT2D eigenvalue weighted by atomic mass is 16.2. The van der Waals surface area contributed by atoms with Gasteiger partial charge < -0.3 is 16.0 Å². The molecule has 1 atom stereocenters. The number of hydrogen-bond donors (Lipinski definition) is 3. The summed E-state index contributed by atoms with van der Waals surface area (Å²) >= 11 is 0. The van der Waals surface area contributed by atoms with Crippen molar-refractivity contribution in [3.8, 4) is 0 Å². The summed E-state index contributed by atoms with van der Waals surface area (Å²) in [7, 11) is 0. The molecule has 3 N–H and O–H groups in total. The zero-order valence-corrected chi connectivity index (χ0v) is 11.4. The third-order valence-electron chi connectivity index (χ3n) is 3.90. The molecule has 3 rings (SSSR count). The molecule has 2 heterocycles. The van der Waals surface area contributed by atoms with Crippen molar-refractivity contribution in [1.82, 2.24) is 10.6 Å². The maximum Gasteiger partial charge on any atom is 0.251 e. The summed E-state index contributed by atoms with van der Waals surface area (Å²) in [6, 6.07) is 5.86. The largest absolute Gasteiger partial charge is 0.385 e. The van der Waals surface area contributed by atoms with E-state index in [1.807, 2.05) is 18.2 Å². The number of nitrogens with one attached hydrogen (secondary N) is 3. The average molecular weight is 273 g/mol. The Morgan fingerprint density at radius 1 is 1.35 bits per heavy atom. The molecule has 0 radical (unpaired) electrons. The Bertz CT molecular complexity index is 542. The number of carbonyl (C=O) groups excluding carboxylic acids is 2. The number of anilines is 1. The fourth-order valence-corrected chi connectivity index (χ4v) is 2.76. The first-order valence-corrected chi connectivity index (χ1v) is 7.17. The Hall–Kier alpha value is -2.04. The predicted molar refractivity (Wildman–Crippen MR) is 76.8 cm³/mol. The van der Waals surface area contributed by atoms with Crippen molar-refractivity contribution in [3.05, 3.63) is 29.3 Å². The van der Waals surface area contributed by atoms with E-state index in [9.17, 15) is 9.59 Å². The molecule has 1 aromatic carbocycles. The highest BCUT2D eigenvalue weighted by Gasteiger charge is 2.21. The average Bonchev–Trinajstić information content (AvgIpc) is 2.90. The van der Waals surface area contributed by atoms with Crippen LogP contribution in [0.2, 0.25) is 0 Å². The van der Waals surface area contributed by atoms with Gasteiger partial charge in [0, 0.05) is 36.8 Å². The third kappa shape index (κ3) is 2.76. The molecule has 2 aliphatic rings. The van der Waals surface area contributed by atoms with Gasteiger partial charge in [0.1, 0.15) is 0 Å². The maximum absolute atomic E-state index is 12.1. The molecule has 1 fully saturated rings. The van der Waals surface area contributed by atoms with Gasteiger partial charge in [-0.15, -0.1) is 0 Å². The molecule has 5 heteroatoms. The maximum atomic E-state index is 12.1. The molecule has 0 bridgehead atoms. The molecule has 5 nitrogen and oxygen atoms in total. The van der Waals surface area contributed by atoms with Crippen LogP contribution in [-0.4, -0.2) is 30.9 Å². The number of aryl methyl sites for hydroxylation is 1. The standard InChI is InChI=1S/C15H19N3O2/c19-14-6-4-12(18-14)9-17-15(20)11-3-5-13-10(8-11)2-1-7-16-13/h3,5,8,12,16H,1-2,4,6-7,9H2,(H,17,20)(H,18,19). The zero-order chi connectivity index (χ0) is 13.9.